The van der Waals surface area contributed by atoms with E-state index in [-0.39, 0.29) is 0 Å². The predicted octanol–water partition coefficient (Wildman–Crippen LogP) is 3.49. The highest BCUT2D eigenvalue weighted by atomic mass is 16.5. The van der Waals surface area contributed by atoms with Crippen LogP contribution in [0.5, 0.6) is 0 Å². The molecule has 2 aliphatic heterocycles. The molecule has 0 aromatic heterocycles. The third-order valence-electron chi connectivity index (χ3n) is 5.03. The second kappa shape index (κ2) is 11.4. The van der Waals surface area contributed by atoms with E-state index in [0.717, 1.165) is 31.6 Å². The molecule has 0 aromatic rings. The highest BCUT2D eigenvalue weighted by Crippen LogP contribution is 2.20. The fourth-order valence-electron chi connectivity index (χ4n) is 3.29. The summed E-state index contributed by atoms with van der Waals surface area (Å²) in [5.74, 6) is 1.79. The van der Waals surface area contributed by atoms with Crippen molar-refractivity contribution in [2.24, 2.45) is 11.8 Å². The van der Waals surface area contributed by atoms with Gasteiger partial charge in [0.15, 0.2) is 0 Å². The summed E-state index contributed by atoms with van der Waals surface area (Å²) in [5.41, 5.74) is 0. The Kier molecular flexibility index (Phi) is 10.3. The molecule has 0 bridgehead atoms. The van der Waals surface area contributed by atoms with Crippen LogP contribution in [0.15, 0.2) is 0 Å². The molecule has 126 valence electrons. The summed E-state index contributed by atoms with van der Waals surface area (Å²) in [6, 6.07) is 0. The van der Waals surface area contributed by atoms with Gasteiger partial charge < -0.3 is 14.5 Å². The van der Waals surface area contributed by atoms with Gasteiger partial charge in [-0.1, -0.05) is 27.2 Å². The Morgan fingerprint density at radius 3 is 2.05 bits per heavy atom. The van der Waals surface area contributed by atoms with Crippen LogP contribution in [0.3, 0.4) is 0 Å². The van der Waals surface area contributed by atoms with Gasteiger partial charge in [-0.3, -0.25) is 0 Å². The zero-order valence-corrected chi connectivity index (χ0v) is 14.9. The highest BCUT2D eigenvalue weighted by molar-refractivity contribution is 4.72. The predicted molar refractivity (Wildman–Crippen MR) is 91.8 cm³/mol. The van der Waals surface area contributed by atoms with Crippen LogP contribution in [0.4, 0.5) is 0 Å². The molecule has 0 saturated carbocycles. The lowest BCUT2D eigenvalue weighted by molar-refractivity contribution is 0.0505. The number of hydrogen-bond donors (Lipinski definition) is 0. The van der Waals surface area contributed by atoms with Gasteiger partial charge in [-0.2, -0.15) is 0 Å². The number of nitrogens with zero attached hydrogens (tertiary/aromatic N) is 2. The molecule has 2 heterocycles. The molecule has 3 heteroatoms. The maximum absolute atomic E-state index is 5.90. The number of hydrogen-bond acceptors (Lipinski definition) is 3. The fraction of sp³-hybridized carbons (Fsp3) is 1.00. The first-order valence-electron chi connectivity index (χ1n) is 9.26. The number of rotatable bonds is 6. The lowest BCUT2D eigenvalue weighted by Gasteiger charge is -2.32. The third kappa shape index (κ3) is 7.62. The smallest absolute Gasteiger partial charge is 0.0593 e. The van der Waals surface area contributed by atoms with Crippen molar-refractivity contribution in [3.63, 3.8) is 0 Å². The van der Waals surface area contributed by atoms with Crippen LogP contribution in [0, 0.1) is 11.8 Å². The number of likely N-dealkylation sites (tertiary alicyclic amines) is 2. The van der Waals surface area contributed by atoms with E-state index in [0.29, 0.717) is 0 Å². The topological polar surface area (TPSA) is 15.7 Å². The van der Waals surface area contributed by atoms with Crippen LogP contribution in [0.2, 0.25) is 0 Å². The summed E-state index contributed by atoms with van der Waals surface area (Å²) >= 11 is 0. The standard InChI is InChI=1S/C16H32N2O.C2H6/c1-3-15-6-10-18(11-7-15)12-13-19-14-16-4-8-17(2)9-5-16;1-2/h15-16H,3-14H2,1-2H3;1-2H3. The summed E-state index contributed by atoms with van der Waals surface area (Å²) in [6.07, 6.45) is 6.79. The van der Waals surface area contributed by atoms with E-state index in [1.807, 2.05) is 13.8 Å². The SMILES string of the molecule is CC.CCC1CCN(CCOCC2CCN(C)CC2)CC1. The summed E-state index contributed by atoms with van der Waals surface area (Å²) in [4.78, 5) is 5.01. The van der Waals surface area contributed by atoms with Crippen molar-refractivity contribution in [3.05, 3.63) is 0 Å². The molecule has 0 spiro atoms. The maximum Gasteiger partial charge on any atom is 0.0593 e. The van der Waals surface area contributed by atoms with E-state index in [1.54, 1.807) is 0 Å². The molecule has 3 nitrogen and oxygen atoms in total. The molecule has 2 aliphatic rings. The molecule has 0 N–H and O–H groups in total. The molecule has 2 saturated heterocycles. The average molecular weight is 299 g/mol. The quantitative estimate of drug-likeness (QED) is 0.698. The minimum Gasteiger partial charge on any atom is -0.380 e. The first-order chi connectivity index (χ1) is 10.3. The molecule has 0 aliphatic carbocycles. The van der Waals surface area contributed by atoms with Gasteiger partial charge in [0.2, 0.25) is 0 Å². The molecule has 0 radical (unpaired) electrons. The van der Waals surface area contributed by atoms with Crippen molar-refractivity contribution in [2.75, 3.05) is 53.0 Å². The van der Waals surface area contributed by atoms with Gasteiger partial charge >= 0.3 is 0 Å². The first-order valence-corrected chi connectivity index (χ1v) is 9.26. The molecule has 0 unspecified atom stereocenters. The summed E-state index contributed by atoms with van der Waals surface area (Å²) in [7, 11) is 2.22. The molecule has 2 fully saturated rings. The Balaban J connectivity index is 0.00000106. The monoisotopic (exact) mass is 298 g/mol. The van der Waals surface area contributed by atoms with Gasteiger partial charge in [-0.15, -0.1) is 0 Å². The first kappa shape index (κ1) is 18.9. The van der Waals surface area contributed by atoms with Crippen LogP contribution < -0.4 is 0 Å². The third-order valence-corrected chi connectivity index (χ3v) is 5.03. The van der Waals surface area contributed by atoms with Gasteiger partial charge in [0.05, 0.1) is 6.61 Å². The van der Waals surface area contributed by atoms with E-state index >= 15 is 0 Å². The summed E-state index contributed by atoms with van der Waals surface area (Å²) in [6.45, 7) is 14.5. The minimum absolute atomic E-state index is 0.807. The van der Waals surface area contributed by atoms with Crippen LogP contribution >= 0.6 is 0 Å². The Morgan fingerprint density at radius 1 is 0.905 bits per heavy atom. The lowest BCUT2D eigenvalue weighted by atomic mass is 9.94. The summed E-state index contributed by atoms with van der Waals surface area (Å²) < 4.78 is 5.90. The zero-order valence-electron chi connectivity index (χ0n) is 14.9. The minimum atomic E-state index is 0.807. The average Bonchev–Trinajstić information content (AvgIpc) is 2.56. The van der Waals surface area contributed by atoms with Crippen LogP contribution in [-0.4, -0.2) is 62.8 Å². The van der Waals surface area contributed by atoms with E-state index in [9.17, 15) is 0 Å². The van der Waals surface area contributed by atoms with E-state index in [4.69, 9.17) is 4.74 Å². The largest absolute Gasteiger partial charge is 0.380 e. The second-order valence-corrected chi connectivity index (χ2v) is 6.51. The molecule has 2 rings (SSSR count). The van der Waals surface area contributed by atoms with Crippen molar-refractivity contribution >= 4 is 0 Å². The summed E-state index contributed by atoms with van der Waals surface area (Å²) in [5, 5.41) is 0. The van der Waals surface area contributed by atoms with E-state index in [1.165, 1.54) is 58.3 Å². The van der Waals surface area contributed by atoms with E-state index < -0.39 is 0 Å². The van der Waals surface area contributed by atoms with Gasteiger partial charge in [-0.05, 0) is 70.7 Å². The fourth-order valence-corrected chi connectivity index (χ4v) is 3.29. The van der Waals surface area contributed by atoms with Crippen molar-refractivity contribution in [1.29, 1.82) is 0 Å². The molecule has 0 atom stereocenters. The molecule has 0 amide bonds. The van der Waals surface area contributed by atoms with Crippen molar-refractivity contribution in [3.8, 4) is 0 Å². The number of ether oxygens (including phenoxy) is 1. The Hall–Kier alpha value is -0.120. The highest BCUT2D eigenvalue weighted by Gasteiger charge is 2.18. The lowest BCUT2D eigenvalue weighted by Crippen LogP contribution is -2.36. The van der Waals surface area contributed by atoms with Crippen LogP contribution in [0.25, 0.3) is 0 Å². The van der Waals surface area contributed by atoms with Gasteiger partial charge in [0, 0.05) is 13.2 Å². The normalized spacial score (nSPS) is 22.9. The Morgan fingerprint density at radius 2 is 1.48 bits per heavy atom. The van der Waals surface area contributed by atoms with E-state index in [2.05, 4.69) is 23.8 Å². The number of piperidine rings is 2. The Labute approximate surface area is 133 Å². The van der Waals surface area contributed by atoms with Crippen LogP contribution in [0.1, 0.15) is 52.9 Å². The van der Waals surface area contributed by atoms with Gasteiger partial charge in [-0.25, -0.2) is 0 Å². The molecule has 21 heavy (non-hydrogen) atoms. The van der Waals surface area contributed by atoms with Crippen molar-refractivity contribution < 1.29 is 4.74 Å². The van der Waals surface area contributed by atoms with Crippen LogP contribution in [-0.2, 0) is 4.74 Å². The second-order valence-electron chi connectivity index (χ2n) is 6.51. The molecule has 0 aromatic carbocycles. The van der Waals surface area contributed by atoms with Crippen molar-refractivity contribution in [2.45, 2.75) is 52.9 Å². The maximum atomic E-state index is 5.90. The Bertz CT molecular complexity index is 231. The van der Waals surface area contributed by atoms with Gasteiger partial charge in [0.1, 0.15) is 0 Å². The zero-order chi connectivity index (χ0) is 15.5. The molecular formula is C18H38N2O. The van der Waals surface area contributed by atoms with Gasteiger partial charge in [0.25, 0.3) is 0 Å². The molecular weight excluding hydrogens is 260 g/mol. The van der Waals surface area contributed by atoms with Crippen molar-refractivity contribution in [1.82, 2.24) is 9.80 Å².